The van der Waals surface area contributed by atoms with E-state index in [1.54, 1.807) is 30.3 Å². The Bertz CT molecular complexity index is 784. The first kappa shape index (κ1) is 13.7. The quantitative estimate of drug-likeness (QED) is 0.660. The van der Waals surface area contributed by atoms with E-state index in [-0.39, 0.29) is 11.6 Å². The van der Waals surface area contributed by atoms with Crippen LogP contribution in [0, 0.1) is 5.82 Å². The molecule has 0 spiro atoms. The van der Waals surface area contributed by atoms with Crippen molar-refractivity contribution in [3.8, 4) is 28.0 Å². The maximum atomic E-state index is 14.8. The minimum absolute atomic E-state index is 0.0355. The number of aromatic hydroxyl groups is 1. The first-order valence-electron chi connectivity index (χ1n) is 6.49. The molecular formula is C18H12ClFO. The zero-order chi connectivity index (χ0) is 14.8. The summed E-state index contributed by atoms with van der Waals surface area (Å²) < 4.78 is 14.8. The fourth-order valence-corrected chi connectivity index (χ4v) is 2.48. The normalized spacial score (nSPS) is 10.6. The third kappa shape index (κ3) is 2.63. The number of phenolic OH excluding ortho intramolecular Hbond substituents is 1. The molecule has 1 nitrogen and oxygen atoms in total. The van der Waals surface area contributed by atoms with Crippen LogP contribution in [0.5, 0.6) is 5.75 Å². The number of hydrogen-bond acceptors (Lipinski definition) is 1. The van der Waals surface area contributed by atoms with Gasteiger partial charge in [-0.2, -0.15) is 0 Å². The predicted octanol–water partition coefficient (Wildman–Crippen LogP) is 5.52. The van der Waals surface area contributed by atoms with E-state index in [4.69, 9.17) is 11.6 Å². The number of halogens is 2. The van der Waals surface area contributed by atoms with Gasteiger partial charge >= 0.3 is 0 Å². The SMILES string of the molecule is Oc1cc(Cl)ccc1-c1cccc(-c2ccccc2)c1F. The lowest BCUT2D eigenvalue weighted by atomic mass is 9.97. The van der Waals surface area contributed by atoms with Crippen LogP contribution in [0.2, 0.25) is 5.02 Å². The van der Waals surface area contributed by atoms with Crippen molar-refractivity contribution in [2.75, 3.05) is 0 Å². The second-order valence-corrected chi connectivity index (χ2v) is 5.13. The molecule has 0 aliphatic rings. The number of phenols is 1. The van der Waals surface area contributed by atoms with Gasteiger partial charge in [0.2, 0.25) is 0 Å². The molecule has 0 saturated heterocycles. The van der Waals surface area contributed by atoms with Crippen molar-refractivity contribution in [2.24, 2.45) is 0 Å². The Labute approximate surface area is 127 Å². The summed E-state index contributed by atoms with van der Waals surface area (Å²) in [6, 6.07) is 19.1. The Morgan fingerprint density at radius 3 is 2.19 bits per heavy atom. The van der Waals surface area contributed by atoms with Gasteiger partial charge in [-0.25, -0.2) is 4.39 Å². The van der Waals surface area contributed by atoms with E-state index >= 15 is 0 Å². The molecule has 0 saturated carbocycles. The van der Waals surface area contributed by atoms with Crippen molar-refractivity contribution < 1.29 is 9.50 Å². The van der Waals surface area contributed by atoms with Gasteiger partial charge < -0.3 is 5.11 Å². The molecular weight excluding hydrogens is 287 g/mol. The van der Waals surface area contributed by atoms with Crippen LogP contribution < -0.4 is 0 Å². The molecule has 0 bridgehead atoms. The van der Waals surface area contributed by atoms with Crippen molar-refractivity contribution in [1.29, 1.82) is 0 Å². The van der Waals surface area contributed by atoms with Crippen molar-refractivity contribution in [3.63, 3.8) is 0 Å². The van der Waals surface area contributed by atoms with Crippen LogP contribution in [0.1, 0.15) is 0 Å². The summed E-state index contributed by atoms with van der Waals surface area (Å²) in [5, 5.41) is 10.4. The Balaban J connectivity index is 2.17. The van der Waals surface area contributed by atoms with Crippen molar-refractivity contribution in [3.05, 3.63) is 77.6 Å². The first-order valence-corrected chi connectivity index (χ1v) is 6.87. The van der Waals surface area contributed by atoms with Gasteiger partial charge in [-0.1, -0.05) is 60.1 Å². The Morgan fingerprint density at radius 2 is 1.48 bits per heavy atom. The highest BCUT2D eigenvalue weighted by Gasteiger charge is 2.14. The summed E-state index contributed by atoms with van der Waals surface area (Å²) in [4.78, 5) is 0. The molecule has 104 valence electrons. The zero-order valence-corrected chi connectivity index (χ0v) is 11.8. The Morgan fingerprint density at radius 1 is 0.762 bits per heavy atom. The van der Waals surface area contributed by atoms with E-state index in [1.165, 1.54) is 6.07 Å². The lowest BCUT2D eigenvalue weighted by Gasteiger charge is -2.10. The lowest BCUT2D eigenvalue weighted by molar-refractivity contribution is 0.477. The molecule has 0 unspecified atom stereocenters. The van der Waals surface area contributed by atoms with Crippen LogP contribution in [0.25, 0.3) is 22.3 Å². The van der Waals surface area contributed by atoms with Crippen LogP contribution in [0.15, 0.2) is 66.7 Å². The minimum Gasteiger partial charge on any atom is -0.507 e. The molecule has 0 amide bonds. The summed E-state index contributed by atoms with van der Waals surface area (Å²) >= 11 is 5.82. The highest BCUT2D eigenvalue weighted by atomic mass is 35.5. The third-order valence-corrected chi connectivity index (χ3v) is 3.57. The summed E-state index contributed by atoms with van der Waals surface area (Å²) in [7, 11) is 0. The van der Waals surface area contributed by atoms with Gasteiger partial charge in [-0.15, -0.1) is 0 Å². The molecule has 3 aromatic rings. The van der Waals surface area contributed by atoms with E-state index in [0.29, 0.717) is 21.7 Å². The van der Waals surface area contributed by atoms with Crippen molar-refractivity contribution >= 4 is 11.6 Å². The molecule has 0 aromatic heterocycles. The third-order valence-electron chi connectivity index (χ3n) is 3.33. The molecule has 21 heavy (non-hydrogen) atoms. The lowest BCUT2D eigenvalue weighted by Crippen LogP contribution is -1.90. The molecule has 0 aliphatic heterocycles. The van der Waals surface area contributed by atoms with Crippen LogP contribution >= 0.6 is 11.6 Å². The highest BCUT2D eigenvalue weighted by molar-refractivity contribution is 6.30. The second-order valence-electron chi connectivity index (χ2n) is 4.69. The van der Waals surface area contributed by atoms with Gasteiger partial charge in [0.15, 0.2) is 0 Å². The molecule has 1 N–H and O–H groups in total. The fourth-order valence-electron chi connectivity index (χ4n) is 2.31. The predicted molar refractivity (Wildman–Crippen MR) is 83.9 cm³/mol. The van der Waals surface area contributed by atoms with Crippen LogP contribution in [0.4, 0.5) is 4.39 Å². The van der Waals surface area contributed by atoms with Crippen molar-refractivity contribution in [1.82, 2.24) is 0 Å². The molecule has 0 aliphatic carbocycles. The average Bonchev–Trinajstić information content (AvgIpc) is 2.49. The molecule has 0 heterocycles. The topological polar surface area (TPSA) is 20.2 Å². The van der Waals surface area contributed by atoms with Crippen LogP contribution in [-0.2, 0) is 0 Å². The molecule has 3 heteroatoms. The summed E-state index contributed by atoms with van der Waals surface area (Å²) in [6.45, 7) is 0. The number of rotatable bonds is 2. The zero-order valence-electron chi connectivity index (χ0n) is 11.1. The monoisotopic (exact) mass is 298 g/mol. The molecule has 3 rings (SSSR count). The summed E-state index contributed by atoms with van der Waals surface area (Å²) in [6.07, 6.45) is 0. The van der Waals surface area contributed by atoms with Gasteiger partial charge in [0.25, 0.3) is 0 Å². The largest absolute Gasteiger partial charge is 0.507 e. The first-order chi connectivity index (χ1) is 10.2. The van der Waals surface area contributed by atoms with Gasteiger partial charge in [0.05, 0.1) is 0 Å². The van der Waals surface area contributed by atoms with Gasteiger partial charge in [-0.3, -0.25) is 0 Å². The maximum absolute atomic E-state index is 14.8. The van der Waals surface area contributed by atoms with Gasteiger partial charge in [-0.05, 0) is 23.8 Å². The fraction of sp³-hybridized carbons (Fsp3) is 0. The summed E-state index contributed by atoms with van der Waals surface area (Å²) in [5.41, 5.74) is 2.08. The number of benzene rings is 3. The van der Waals surface area contributed by atoms with Gasteiger partial charge in [0, 0.05) is 21.7 Å². The van der Waals surface area contributed by atoms with Crippen LogP contribution in [-0.4, -0.2) is 5.11 Å². The highest BCUT2D eigenvalue weighted by Crippen LogP contribution is 2.36. The molecule has 3 aromatic carbocycles. The number of hydrogen-bond donors (Lipinski definition) is 1. The Hall–Kier alpha value is -2.32. The van der Waals surface area contributed by atoms with E-state index < -0.39 is 0 Å². The van der Waals surface area contributed by atoms with E-state index in [0.717, 1.165) is 5.56 Å². The van der Waals surface area contributed by atoms with Crippen LogP contribution in [0.3, 0.4) is 0 Å². The van der Waals surface area contributed by atoms with E-state index in [9.17, 15) is 9.50 Å². The van der Waals surface area contributed by atoms with E-state index in [2.05, 4.69) is 0 Å². The maximum Gasteiger partial charge on any atom is 0.138 e. The Kier molecular flexibility index (Phi) is 3.63. The standard InChI is InChI=1S/C18H12ClFO/c19-13-9-10-15(17(21)11-13)16-8-4-7-14(18(16)20)12-5-2-1-3-6-12/h1-11,21H. The van der Waals surface area contributed by atoms with Crippen molar-refractivity contribution in [2.45, 2.75) is 0 Å². The van der Waals surface area contributed by atoms with E-state index in [1.807, 2.05) is 30.3 Å². The summed E-state index contributed by atoms with van der Waals surface area (Å²) in [5.74, 6) is -0.395. The smallest absolute Gasteiger partial charge is 0.138 e. The second kappa shape index (κ2) is 5.58. The minimum atomic E-state index is -0.360. The molecule has 0 radical (unpaired) electrons. The molecule has 0 atom stereocenters. The average molecular weight is 299 g/mol. The molecule has 0 fully saturated rings. The van der Waals surface area contributed by atoms with Gasteiger partial charge in [0.1, 0.15) is 11.6 Å².